The van der Waals surface area contributed by atoms with E-state index in [-0.39, 0.29) is 5.56 Å². The van der Waals surface area contributed by atoms with E-state index in [1.807, 2.05) is 13.1 Å². The van der Waals surface area contributed by atoms with Crippen LogP contribution in [-0.2, 0) is 27.5 Å². The number of methoxy groups -OCH3 is 1. The molecule has 180 valence electrons. The number of nitrogens with zero attached hydrogens (tertiary/aromatic N) is 4. The molecule has 2 aliphatic rings. The molecular weight excluding hydrogens is 486 g/mol. The quantitative estimate of drug-likeness (QED) is 0.476. The van der Waals surface area contributed by atoms with E-state index in [2.05, 4.69) is 15.0 Å². The summed E-state index contributed by atoms with van der Waals surface area (Å²) < 4.78 is 41.3. The summed E-state index contributed by atoms with van der Waals surface area (Å²) in [5.41, 5.74) is 1.44. The summed E-state index contributed by atoms with van der Waals surface area (Å²) in [6.07, 6.45) is 4.67. The number of ether oxygens (including phenoxy) is 2. The van der Waals surface area contributed by atoms with Crippen LogP contribution in [0.5, 0.6) is 0 Å². The molecule has 5 heterocycles. The van der Waals surface area contributed by atoms with Gasteiger partial charge in [0, 0.05) is 48.0 Å². The molecule has 11 heteroatoms. The van der Waals surface area contributed by atoms with E-state index in [1.165, 1.54) is 24.5 Å². The van der Waals surface area contributed by atoms with Crippen molar-refractivity contribution in [2.45, 2.75) is 37.8 Å². The van der Waals surface area contributed by atoms with Crippen LogP contribution >= 0.6 is 22.9 Å². The van der Waals surface area contributed by atoms with E-state index in [4.69, 9.17) is 21.1 Å². The van der Waals surface area contributed by atoms with Gasteiger partial charge in [-0.2, -0.15) is 13.9 Å². The van der Waals surface area contributed by atoms with Gasteiger partial charge < -0.3 is 9.47 Å². The van der Waals surface area contributed by atoms with Gasteiger partial charge in [-0.3, -0.25) is 4.90 Å². The van der Waals surface area contributed by atoms with Crippen molar-refractivity contribution >= 4 is 28.9 Å². The number of alkyl halides is 2. The van der Waals surface area contributed by atoms with Crippen LogP contribution in [0.1, 0.15) is 44.9 Å². The maximum absolute atomic E-state index is 14.4. The lowest BCUT2D eigenvalue weighted by Gasteiger charge is -2.45. The van der Waals surface area contributed by atoms with Crippen molar-refractivity contribution in [2.75, 3.05) is 26.8 Å². The minimum atomic E-state index is -3.01. The monoisotopic (exact) mass is 508 g/mol. The SMILES string of the molecule is COC(=O)c1cccnc1-n1cc(CN2CCC3(CC2)OCC(F)(F)c2cc(Cl)sc23)c(C)n1. The number of likely N-dealkylation sites (tertiary alicyclic amines) is 1. The molecule has 2 aliphatic heterocycles. The first-order valence-corrected chi connectivity index (χ1v) is 12.1. The van der Waals surface area contributed by atoms with E-state index in [0.29, 0.717) is 53.1 Å². The summed E-state index contributed by atoms with van der Waals surface area (Å²) in [7, 11) is 1.33. The third-order valence-corrected chi connectivity index (χ3v) is 7.96. The van der Waals surface area contributed by atoms with Gasteiger partial charge in [0.1, 0.15) is 17.8 Å². The standard InChI is InChI=1S/C23H23ClF2N4O3S/c1-14-15(12-30(28-14)20-16(21(31)32-2)4-3-7-27-20)11-29-8-5-22(6-9-29)19-17(10-18(24)34-19)23(25,26)13-33-22/h3-4,7,10,12H,5-6,8-9,11,13H2,1-2H3. The number of carbonyl (C=O) groups excluding carboxylic acids is 1. The fraction of sp³-hybridized carbons (Fsp3) is 0.435. The van der Waals surface area contributed by atoms with E-state index >= 15 is 0 Å². The number of halogens is 3. The predicted octanol–water partition coefficient (Wildman–Crippen LogP) is 4.69. The molecular formula is C23H23ClF2N4O3S. The molecule has 5 rings (SSSR count). The Bertz CT molecular complexity index is 1240. The molecule has 0 N–H and O–H groups in total. The third kappa shape index (κ3) is 4.02. The van der Waals surface area contributed by atoms with Crippen LogP contribution in [0.25, 0.3) is 5.82 Å². The summed E-state index contributed by atoms with van der Waals surface area (Å²) in [5.74, 6) is -3.09. The maximum atomic E-state index is 14.4. The fourth-order valence-electron chi connectivity index (χ4n) is 4.64. The fourth-order valence-corrected chi connectivity index (χ4v) is 6.12. The molecule has 1 spiro atoms. The number of thiophene rings is 1. The van der Waals surface area contributed by atoms with E-state index in [0.717, 1.165) is 11.3 Å². The van der Waals surface area contributed by atoms with Crippen LogP contribution in [0, 0.1) is 6.92 Å². The normalized spacial score (nSPS) is 19.2. The smallest absolute Gasteiger partial charge is 0.341 e. The van der Waals surface area contributed by atoms with Crippen molar-refractivity contribution in [3.8, 4) is 5.82 Å². The molecule has 1 fully saturated rings. The zero-order valence-electron chi connectivity index (χ0n) is 18.7. The summed E-state index contributed by atoms with van der Waals surface area (Å²) in [6, 6.07) is 4.70. The topological polar surface area (TPSA) is 69.5 Å². The van der Waals surface area contributed by atoms with Gasteiger partial charge in [0.05, 0.1) is 17.1 Å². The Labute approximate surface area is 204 Å². The minimum Gasteiger partial charge on any atom is -0.465 e. The zero-order chi connectivity index (χ0) is 24.1. The molecule has 34 heavy (non-hydrogen) atoms. The lowest BCUT2D eigenvalue weighted by Crippen LogP contribution is -2.48. The Hall–Kier alpha value is -2.40. The molecule has 0 aliphatic carbocycles. The van der Waals surface area contributed by atoms with Crippen LogP contribution < -0.4 is 0 Å². The second-order valence-corrected chi connectivity index (χ2v) is 10.3. The van der Waals surface area contributed by atoms with Crippen LogP contribution in [0.4, 0.5) is 8.78 Å². The lowest BCUT2D eigenvalue weighted by atomic mass is 9.84. The molecule has 3 aromatic heterocycles. The molecule has 0 bridgehead atoms. The number of pyridine rings is 1. The number of aryl methyl sites for hydroxylation is 1. The van der Waals surface area contributed by atoms with E-state index < -0.39 is 24.1 Å². The number of esters is 1. The minimum absolute atomic E-state index is 0.0103. The first-order valence-electron chi connectivity index (χ1n) is 10.9. The van der Waals surface area contributed by atoms with Gasteiger partial charge in [-0.05, 0) is 38.0 Å². The number of hydrogen-bond acceptors (Lipinski definition) is 7. The highest BCUT2D eigenvalue weighted by molar-refractivity contribution is 7.16. The number of fused-ring (bicyclic) bond motifs is 2. The van der Waals surface area contributed by atoms with Crippen molar-refractivity contribution in [1.29, 1.82) is 0 Å². The average molecular weight is 509 g/mol. The number of piperidine rings is 1. The molecule has 3 aromatic rings. The van der Waals surface area contributed by atoms with Crippen LogP contribution in [0.15, 0.2) is 30.6 Å². The van der Waals surface area contributed by atoms with E-state index in [1.54, 1.807) is 23.0 Å². The highest BCUT2D eigenvalue weighted by Gasteiger charge is 2.51. The summed E-state index contributed by atoms with van der Waals surface area (Å²) in [5, 5.41) is 4.55. The Morgan fingerprint density at radius 1 is 1.35 bits per heavy atom. The molecule has 0 unspecified atom stereocenters. The number of rotatable bonds is 4. The van der Waals surface area contributed by atoms with Gasteiger partial charge in [0.15, 0.2) is 5.82 Å². The number of carbonyl (C=O) groups is 1. The third-order valence-electron chi connectivity index (χ3n) is 6.51. The second-order valence-electron chi connectivity index (χ2n) is 8.61. The first kappa shape index (κ1) is 23.3. The van der Waals surface area contributed by atoms with Crippen molar-refractivity contribution in [3.63, 3.8) is 0 Å². The van der Waals surface area contributed by atoms with Gasteiger partial charge >= 0.3 is 5.97 Å². The molecule has 0 saturated carbocycles. The Morgan fingerprint density at radius 2 is 2.12 bits per heavy atom. The van der Waals surface area contributed by atoms with E-state index in [9.17, 15) is 13.6 Å². The van der Waals surface area contributed by atoms with Gasteiger partial charge in [-0.25, -0.2) is 14.5 Å². The van der Waals surface area contributed by atoms with Crippen LogP contribution in [-0.4, -0.2) is 52.4 Å². The van der Waals surface area contributed by atoms with Crippen molar-refractivity contribution in [2.24, 2.45) is 0 Å². The molecule has 0 atom stereocenters. The Balaban J connectivity index is 1.32. The predicted molar refractivity (Wildman–Crippen MR) is 123 cm³/mol. The highest BCUT2D eigenvalue weighted by Crippen LogP contribution is 2.52. The summed E-state index contributed by atoms with van der Waals surface area (Å²) in [6.45, 7) is 3.29. The van der Waals surface area contributed by atoms with Gasteiger partial charge in [0.2, 0.25) is 0 Å². The second kappa shape index (κ2) is 8.67. The molecule has 0 amide bonds. The molecule has 1 saturated heterocycles. The number of aromatic nitrogens is 3. The molecule has 0 radical (unpaired) electrons. The number of hydrogen-bond donors (Lipinski definition) is 0. The highest BCUT2D eigenvalue weighted by atomic mass is 35.5. The van der Waals surface area contributed by atoms with Crippen LogP contribution in [0.3, 0.4) is 0 Å². The lowest BCUT2D eigenvalue weighted by molar-refractivity contribution is -0.182. The van der Waals surface area contributed by atoms with Crippen molar-refractivity contribution in [3.05, 3.63) is 62.2 Å². The summed E-state index contributed by atoms with van der Waals surface area (Å²) in [4.78, 5) is 19.2. The summed E-state index contributed by atoms with van der Waals surface area (Å²) >= 11 is 7.30. The van der Waals surface area contributed by atoms with Gasteiger partial charge in [0.25, 0.3) is 5.92 Å². The average Bonchev–Trinajstić information content (AvgIpc) is 3.41. The van der Waals surface area contributed by atoms with Crippen molar-refractivity contribution < 1.29 is 23.0 Å². The molecule has 0 aromatic carbocycles. The first-order chi connectivity index (χ1) is 16.2. The van der Waals surface area contributed by atoms with Crippen molar-refractivity contribution in [1.82, 2.24) is 19.7 Å². The maximum Gasteiger partial charge on any atom is 0.341 e. The van der Waals surface area contributed by atoms with Gasteiger partial charge in [-0.15, -0.1) is 11.3 Å². The Morgan fingerprint density at radius 3 is 2.85 bits per heavy atom. The van der Waals surface area contributed by atoms with Gasteiger partial charge in [-0.1, -0.05) is 11.6 Å². The van der Waals surface area contributed by atoms with Crippen LogP contribution in [0.2, 0.25) is 4.34 Å². The molecule has 7 nitrogen and oxygen atoms in total. The largest absolute Gasteiger partial charge is 0.465 e. The zero-order valence-corrected chi connectivity index (χ0v) is 20.3. The Kier molecular flexibility index (Phi) is 5.96.